The van der Waals surface area contributed by atoms with Crippen LogP contribution >= 0.6 is 0 Å². The molecule has 3 rings (SSSR count). The highest BCUT2D eigenvalue weighted by Gasteiger charge is 2.40. The normalized spacial score (nSPS) is 16.8. The van der Waals surface area contributed by atoms with Crippen molar-refractivity contribution in [3.63, 3.8) is 0 Å². The van der Waals surface area contributed by atoms with Crippen molar-refractivity contribution in [3.8, 4) is 0 Å². The first kappa shape index (κ1) is 25.7. The van der Waals surface area contributed by atoms with E-state index in [1.165, 1.54) is 4.90 Å². The molecule has 0 radical (unpaired) electrons. The predicted octanol–water partition coefficient (Wildman–Crippen LogP) is 3.02. The zero-order valence-electron chi connectivity index (χ0n) is 20.3. The number of fused-ring (bicyclic) bond motifs is 1. The number of rotatable bonds is 8. The summed E-state index contributed by atoms with van der Waals surface area (Å²) in [5.41, 5.74) is 1.80. The van der Waals surface area contributed by atoms with E-state index in [9.17, 15) is 24.3 Å². The first-order valence-electron chi connectivity index (χ1n) is 11.7. The molecule has 2 aromatic rings. The molecule has 186 valence electrons. The van der Waals surface area contributed by atoms with Crippen LogP contribution in [0.3, 0.4) is 0 Å². The number of hydrogen-bond acceptors (Lipinski definition) is 4. The molecule has 9 nitrogen and oxygen atoms in total. The molecule has 0 spiro atoms. The lowest BCUT2D eigenvalue weighted by molar-refractivity contribution is -0.142. The van der Waals surface area contributed by atoms with Gasteiger partial charge in [-0.3, -0.25) is 14.5 Å². The van der Waals surface area contributed by atoms with Gasteiger partial charge in [-0.05, 0) is 29.5 Å². The summed E-state index contributed by atoms with van der Waals surface area (Å²) in [6, 6.07) is 12.4. The number of carboxylic acids is 1. The fourth-order valence-corrected chi connectivity index (χ4v) is 4.15. The van der Waals surface area contributed by atoms with Crippen LogP contribution in [-0.4, -0.2) is 47.0 Å². The molecule has 0 bridgehead atoms. The largest absolute Gasteiger partial charge is 0.480 e. The van der Waals surface area contributed by atoms with E-state index in [-0.39, 0.29) is 24.2 Å². The number of urea groups is 1. The van der Waals surface area contributed by atoms with Crippen LogP contribution in [0, 0.1) is 11.8 Å². The van der Waals surface area contributed by atoms with Gasteiger partial charge in [-0.25, -0.2) is 9.59 Å². The number of carbonyl (C=O) groups is 4. The van der Waals surface area contributed by atoms with Crippen LogP contribution in [0.4, 0.5) is 16.2 Å². The second-order valence-electron chi connectivity index (χ2n) is 9.33. The van der Waals surface area contributed by atoms with Gasteiger partial charge in [0.25, 0.3) is 0 Å². The quantitative estimate of drug-likeness (QED) is 0.462. The van der Waals surface area contributed by atoms with Crippen molar-refractivity contribution in [3.05, 3.63) is 60.2 Å². The van der Waals surface area contributed by atoms with Gasteiger partial charge in [0.2, 0.25) is 11.8 Å². The van der Waals surface area contributed by atoms with Gasteiger partial charge >= 0.3 is 12.0 Å². The maximum Gasteiger partial charge on any atom is 0.326 e. The molecule has 4 amide bonds. The fraction of sp³-hybridized carbons (Fsp3) is 0.385. The molecule has 1 heterocycles. The van der Waals surface area contributed by atoms with Crippen LogP contribution in [0.15, 0.2) is 54.6 Å². The summed E-state index contributed by atoms with van der Waals surface area (Å²) in [6.45, 7) is 7.20. The number of hydrogen-bond donors (Lipinski definition) is 4. The minimum atomic E-state index is -1.17. The highest BCUT2D eigenvalue weighted by Crippen LogP contribution is 2.34. The Hall–Kier alpha value is -3.88. The number of nitrogens with one attached hydrogen (secondary N) is 3. The molecule has 3 atom stereocenters. The van der Waals surface area contributed by atoms with E-state index in [4.69, 9.17) is 0 Å². The summed E-state index contributed by atoms with van der Waals surface area (Å²) in [5, 5.41) is 17.8. The van der Waals surface area contributed by atoms with Crippen LogP contribution in [0.2, 0.25) is 0 Å². The second kappa shape index (κ2) is 11.0. The average Bonchev–Trinajstić information content (AvgIpc) is 2.81. The minimum Gasteiger partial charge on any atom is -0.480 e. The Morgan fingerprint density at radius 1 is 0.971 bits per heavy atom. The third-order valence-corrected chi connectivity index (χ3v) is 5.94. The molecule has 0 saturated heterocycles. The first-order valence-corrected chi connectivity index (χ1v) is 11.7. The molecular formula is C26H32N4O5. The molecule has 2 aromatic carbocycles. The van der Waals surface area contributed by atoms with Gasteiger partial charge in [0.15, 0.2) is 0 Å². The zero-order chi connectivity index (χ0) is 25.7. The molecule has 0 aliphatic carbocycles. The van der Waals surface area contributed by atoms with Crippen LogP contribution in [-0.2, 0) is 20.8 Å². The van der Waals surface area contributed by atoms with Crippen LogP contribution in [0.5, 0.6) is 0 Å². The highest BCUT2D eigenvalue weighted by molar-refractivity contribution is 6.12. The summed E-state index contributed by atoms with van der Waals surface area (Å²) in [7, 11) is 0. The number of carboxylic acid groups (broad SMARTS) is 1. The van der Waals surface area contributed by atoms with E-state index in [0.717, 1.165) is 5.56 Å². The summed E-state index contributed by atoms with van der Waals surface area (Å²) in [6.07, 6.45) is 0.107. The minimum absolute atomic E-state index is 0.107. The topological polar surface area (TPSA) is 128 Å². The molecule has 35 heavy (non-hydrogen) atoms. The lowest BCUT2D eigenvalue weighted by atomic mass is 9.97. The Labute approximate surface area is 204 Å². The van der Waals surface area contributed by atoms with Gasteiger partial charge in [-0.1, -0.05) is 70.2 Å². The summed E-state index contributed by atoms with van der Waals surface area (Å²) >= 11 is 0. The number of amides is 4. The van der Waals surface area contributed by atoms with Crippen LogP contribution in [0.25, 0.3) is 0 Å². The maximum absolute atomic E-state index is 13.5. The predicted molar refractivity (Wildman–Crippen MR) is 133 cm³/mol. The molecule has 4 N–H and O–H groups in total. The van der Waals surface area contributed by atoms with E-state index in [0.29, 0.717) is 11.4 Å². The zero-order valence-corrected chi connectivity index (χ0v) is 20.3. The number of nitrogens with zero attached hydrogens (tertiary/aromatic N) is 1. The van der Waals surface area contributed by atoms with Crippen molar-refractivity contribution in [2.24, 2.45) is 11.8 Å². The molecular weight excluding hydrogens is 448 g/mol. The first-order chi connectivity index (χ1) is 16.6. The van der Waals surface area contributed by atoms with E-state index in [2.05, 4.69) is 16.0 Å². The highest BCUT2D eigenvalue weighted by atomic mass is 16.4. The molecule has 0 fully saturated rings. The van der Waals surface area contributed by atoms with Crippen molar-refractivity contribution in [2.45, 2.75) is 52.2 Å². The number of aliphatic carboxylic acids is 1. The SMILES string of the molecule is CC(C)[C@H](NC(=O)N1c2ccccc2NC(=O)[C@H]1C(C)C)C(=O)N[C@@H](Cc1ccccc1)C(=O)O. The summed E-state index contributed by atoms with van der Waals surface area (Å²) in [4.78, 5) is 52.6. The maximum atomic E-state index is 13.5. The average molecular weight is 481 g/mol. The Kier molecular flexibility index (Phi) is 8.11. The van der Waals surface area contributed by atoms with Crippen LogP contribution < -0.4 is 20.9 Å². The van der Waals surface area contributed by atoms with Gasteiger partial charge in [0, 0.05) is 6.42 Å². The van der Waals surface area contributed by atoms with E-state index in [1.807, 2.05) is 19.9 Å². The standard InChI is InChI=1S/C26H32N4O5/c1-15(2)21(23(31)28-19(25(33)34)14-17-10-6-5-7-11-17)29-26(35)30-20-13-9-8-12-18(20)27-24(32)22(30)16(3)4/h5-13,15-16,19,21-22H,14H2,1-4H3,(H,27,32)(H,28,31)(H,29,35)(H,33,34)/t19-,21-,22+/m0/s1. The molecule has 9 heteroatoms. The van der Waals surface area contributed by atoms with Crippen molar-refractivity contribution >= 4 is 35.2 Å². The molecule has 0 aromatic heterocycles. The third-order valence-electron chi connectivity index (χ3n) is 5.94. The van der Waals surface area contributed by atoms with E-state index >= 15 is 0 Å². The van der Waals surface area contributed by atoms with Crippen molar-refractivity contribution in [2.75, 3.05) is 10.2 Å². The Balaban J connectivity index is 1.82. The lowest BCUT2D eigenvalue weighted by Crippen LogP contribution is -2.61. The smallest absolute Gasteiger partial charge is 0.326 e. The molecule has 1 aliphatic rings. The van der Waals surface area contributed by atoms with Gasteiger partial charge in [0.1, 0.15) is 18.1 Å². The number of para-hydroxylation sites is 2. The Morgan fingerprint density at radius 2 is 1.60 bits per heavy atom. The van der Waals surface area contributed by atoms with Crippen molar-refractivity contribution < 1.29 is 24.3 Å². The Morgan fingerprint density at radius 3 is 2.20 bits per heavy atom. The Bertz CT molecular complexity index is 1090. The monoisotopic (exact) mass is 480 g/mol. The molecule has 1 aliphatic heterocycles. The lowest BCUT2D eigenvalue weighted by Gasteiger charge is -2.39. The number of anilines is 2. The van der Waals surface area contributed by atoms with E-state index < -0.39 is 36.0 Å². The summed E-state index contributed by atoms with van der Waals surface area (Å²) in [5.74, 6) is -2.61. The summed E-state index contributed by atoms with van der Waals surface area (Å²) < 4.78 is 0. The molecule has 0 unspecified atom stereocenters. The van der Waals surface area contributed by atoms with Gasteiger partial charge in [-0.2, -0.15) is 0 Å². The van der Waals surface area contributed by atoms with Crippen molar-refractivity contribution in [1.82, 2.24) is 10.6 Å². The van der Waals surface area contributed by atoms with Crippen molar-refractivity contribution in [1.29, 1.82) is 0 Å². The number of carbonyl (C=O) groups excluding carboxylic acids is 3. The second-order valence-corrected chi connectivity index (χ2v) is 9.33. The van der Waals surface area contributed by atoms with Gasteiger partial charge < -0.3 is 21.1 Å². The van der Waals surface area contributed by atoms with Crippen LogP contribution in [0.1, 0.15) is 33.3 Å². The third kappa shape index (κ3) is 5.98. The van der Waals surface area contributed by atoms with Gasteiger partial charge in [-0.15, -0.1) is 0 Å². The number of benzene rings is 2. The fourth-order valence-electron chi connectivity index (χ4n) is 4.15. The van der Waals surface area contributed by atoms with Gasteiger partial charge in [0.05, 0.1) is 11.4 Å². The molecule has 0 saturated carbocycles. The van der Waals surface area contributed by atoms with E-state index in [1.54, 1.807) is 62.4 Å².